The van der Waals surface area contributed by atoms with Crippen molar-refractivity contribution in [3.63, 3.8) is 0 Å². The minimum absolute atomic E-state index is 0.113. The molecule has 2 aliphatic carbocycles. The minimum atomic E-state index is -0.616. The van der Waals surface area contributed by atoms with Gasteiger partial charge in [-0.2, -0.15) is 0 Å². The van der Waals surface area contributed by atoms with Gasteiger partial charge in [0.15, 0.2) is 12.9 Å². The lowest BCUT2D eigenvalue weighted by molar-refractivity contribution is -0.191. The smallest absolute Gasteiger partial charge is 0.482 e. The molecule has 1 heterocycles. The molecule has 1 unspecified atom stereocenters. The first kappa shape index (κ1) is 36.9. The highest BCUT2D eigenvalue weighted by molar-refractivity contribution is 5.71. The number of esters is 1. The van der Waals surface area contributed by atoms with Crippen molar-refractivity contribution >= 4 is 12.1 Å². The zero-order valence-electron chi connectivity index (χ0n) is 30.0. The van der Waals surface area contributed by atoms with Crippen molar-refractivity contribution in [2.24, 2.45) is 17.8 Å². The molecule has 0 aromatic heterocycles. The van der Waals surface area contributed by atoms with Crippen LogP contribution in [0.25, 0.3) is 0 Å². The van der Waals surface area contributed by atoms with E-state index in [1.165, 1.54) is 18.4 Å². The van der Waals surface area contributed by atoms with Crippen LogP contribution in [-0.2, 0) is 54.5 Å². The number of rotatable bonds is 17. The van der Waals surface area contributed by atoms with Gasteiger partial charge in [-0.3, -0.25) is 0 Å². The Labute approximate surface area is 303 Å². The number of ether oxygens (including phenoxy) is 6. The summed E-state index contributed by atoms with van der Waals surface area (Å²) >= 11 is 0. The van der Waals surface area contributed by atoms with E-state index in [1.54, 1.807) is 0 Å². The molecule has 3 aliphatic rings. The van der Waals surface area contributed by atoms with Crippen molar-refractivity contribution in [1.29, 1.82) is 0 Å². The van der Waals surface area contributed by atoms with Crippen LogP contribution in [-0.4, -0.2) is 43.8 Å². The van der Waals surface area contributed by atoms with Gasteiger partial charge in [0.2, 0.25) is 0 Å². The molecule has 2 fully saturated rings. The Morgan fingerprint density at radius 3 is 2.33 bits per heavy atom. The van der Waals surface area contributed by atoms with Crippen molar-refractivity contribution < 1.29 is 38.0 Å². The Morgan fingerprint density at radius 2 is 1.61 bits per heavy atom. The topological polar surface area (TPSA) is 89.5 Å². The maximum atomic E-state index is 13.1. The Bertz CT molecular complexity index is 1500. The second-order valence-corrected chi connectivity index (χ2v) is 14.4. The minimum Gasteiger partial charge on any atom is -0.482 e. The van der Waals surface area contributed by atoms with Crippen LogP contribution in [0.4, 0.5) is 4.79 Å². The summed E-state index contributed by atoms with van der Waals surface area (Å²) < 4.78 is 35.9. The fourth-order valence-corrected chi connectivity index (χ4v) is 8.15. The van der Waals surface area contributed by atoms with Gasteiger partial charge in [-0.15, -0.1) is 0 Å². The average Bonchev–Trinajstić information content (AvgIpc) is 3.49. The summed E-state index contributed by atoms with van der Waals surface area (Å²) in [7, 11) is 0. The number of hydrogen-bond acceptors (Lipinski definition) is 8. The lowest BCUT2D eigenvalue weighted by Crippen LogP contribution is -2.32. The van der Waals surface area contributed by atoms with Crippen molar-refractivity contribution in [3.8, 4) is 5.75 Å². The highest BCUT2D eigenvalue weighted by Gasteiger charge is 2.47. The van der Waals surface area contributed by atoms with Gasteiger partial charge in [-0.1, -0.05) is 99.0 Å². The summed E-state index contributed by atoms with van der Waals surface area (Å²) in [5.41, 5.74) is 4.23. The summed E-state index contributed by atoms with van der Waals surface area (Å²) in [4.78, 5) is 25.7. The molecule has 0 spiro atoms. The molecule has 0 radical (unpaired) electrons. The maximum Gasteiger partial charge on any atom is 0.508 e. The normalized spacial score (nSPS) is 23.0. The first-order valence-corrected chi connectivity index (χ1v) is 19.1. The summed E-state index contributed by atoms with van der Waals surface area (Å²) in [5, 5.41) is 0. The zero-order valence-corrected chi connectivity index (χ0v) is 30.0. The third kappa shape index (κ3) is 10.8. The molecular weight excluding hydrogens is 644 g/mol. The van der Waals surface area contributed by atoms with Crippen LogP contribution in [0.1, 0.15) is 93.4 Å². The molecular formula is C43H54O8. The number of benzene rings is 3. The van der Waals surface area contributed by atoms with Gasteiger partial charge in [0, 0.05) is 6.61 Å². The van der Waals surface area contributed by atoms with Crippen LogP contribution in [0.2, 0.25) is 0 Å². The molecule has 0 amide bonds. The quantitative estimate of drug-likeness (QED) is 0.102. The van der Waals surface area contributed by atoms with Gasteiger partial charge in [0.25, 0.3) is 0 Å². The lowest BCUT2D eigenvalue weighted by atomic mass is 9.73. The fourth-order valence-electron chi connectivity index (χ4n) is 8.15. The van der Waals surface area contributed by atoms with Crippen molar-refractivity contribution in [2.45, 2.75) is 116 Å². The SMILES string of the molecule is CCCCC[C@@H](CC[C@@H]1[C@H]2Cc3cccc(OCC(=O)OCc4ccccc4)c3C[C@H]2C[C@H]1OC(=O)OCc1ccccc1)OC1CCCCO1. The Balaban J connectivity index is 1.12. The highest BCUT2D eigenvalue weighted by Crippen LogP contribution is 2.49. The number of carbonyl (C=O) groups is 2. The zero-order chi connectivity index (χ0) is 35.3. The number of hydrogen-bond donors (Lipinski definition) is 0. The predicted octanol–water partition coefficient (Wildman–Crippen LogP) is 9.15. The molecule has 274 valence electrons. The Kier molecular flexibility index (Phi) is 13.8. The van der Waals surface area contributed by atoms with E-state index < -0.39 is 12.1 Å². The molecule has 6 atom stereocenters. The molecule has 3 aromatic carbocycles. The van der Waals surface area contributed by atoms with Gasteiger partial charge in [0.05, 0.1) is 6.10 Å². The molecule has 8 nitrogen and oxygen atoms in total. The van der Waals surface area contributed by atoms with Crippen LogP contribution in [0.3, 0.4) is 0 Å². The lowest BCUT2D eigenvalue weighted by Gasteiger charge is -2.33. The van der Waals surface area contributed by atoms with Crippen molar-refractivity contribution in [1.82, 2.24) is 0 Å². The van der Waals surface area contributed by atoms with E-state index in [-0.39, 0.29) is 44.2 Å². The van der Waals surface area contributed by atoms with Crippen molar-refractivity contribution in [3.05, 3.63) is 101 Å². The molecule has 3 aromatic rings. The maximum absolute atomic E-state index is 13.1. The standard InChI is InChI=1S/C43H54O8/c1-2-3-6-19-35(50-42-21-11-12-24-46-42)22-23-36-37-25-33-18-13-20-39(47-30-41(44)48-28-31-14-7-4-8-15-31)38(33)26-34(37)27-40(36)51-43(45)49-29-32-16-9-5-10-17-32/h4-5,7-10,13-18,20,34-37,40,42H,2-3,6,11-12,19,21-30H2,1H3/t34-,35-,36+,37-,40+,42?/m0/s1. The van der Waals surface area contributed by atoms with E-state index in [9.17, 15) is 9.59 Å². The van der Waals surface area contributed by atoms with Crippen LogP contribution in [0, 0.1) is 17.8 Å². The average molecular weight is 699 g/mol. The number of fused-ring (bicyclic) bond motifs is 2. The molecule has 1 saturated heterocycles. The van der Waals surface area contributed by atoms with Crippen LogP contribution in [0.5, 0.6) is 5.75 Å². The van der Waals surface area contributed by atoms with Gasteiger partial charge < -0.3 is 28.4 Å². The second kappa shape index (κ2) is 19.1. The first-order chi connectivity index (χ1) is 25.1. The molecule has 0 bridgehead atoms. The summed E-state index contributed by atoms with van der Waals surface area (Å²) in [6.45, 7) is 3.24. The predicted molar refractivity (Wildman–Crippen MR) is 194 cm³/mol. The Hall–Kier alpha value is -3.88. The van der Waals surface area contributed by atoms with E-state index in [1.807, 2.05) is 72.8 Å². The van der Waals surface area contributed by atoms with Crippen LogP contribution in [0.15, 0.2) is 78.9 Å². The van der Waals surface area contributed by atoms with Crippen molar-refractivity contribution in [2.75, 3.05) is 13.2 Å². The van der Waals surface area contributed by atoms with Gasteiger partial charge in [-0.25, -0.2) is 9.59 Å². The van der Waals surface area contributed by atoms with E-state index in [0.29, 0.717) is 11.8 Å². The van der Waals surface area contributed by atoms with E-state index in [4.69, 9.17) is 28.4 Å². The monoisotopic (exact) mass is 698 g/mol. The van der Waals surface area contributed by atoms with Crippen LogP contribution >= 0.6 is 0 Å². The summed E-state index contributed by atoms with van der Waals surface area (Å²) in [5.74, 6) is 1.16. The molecule has 6 rings (SSSR count). The molecule has 1 saturated carbocycles. The second-order valence-electron chi connectivity index (χ2n) is 14.4. The molecule has 51 heavy (non-hydrogen) atoms. The Morgan fingerprint density at radius 1 is 0.843 bits per heavy atom. The van der Waals surface area contributed by atoms with E-state index in [0.717, 1.165) is 93.3 Å². The molecule has 8 heteroatoms. The van der Waals surface area contributed by atoms with Gasteiger partial charge in [-0.05, 0) is 104 Å². The van der Waals surface area contributed by atoms with Crippen LogP contribution < -0.4 is 4.74 Å². The molecule has 1 aliphatic heterocycles. The fraction of sp³-hybridized carbons (Fsp3) is 0.535. The first-order valence-electron chi connectivity index (χ1n) is 19.1. The largest absolute Gasteiger partial charge is 0.508 e. The van der Waals surface area contributed by atoms with E-state index in [2.05, 4.69) is 13.0 Å². The molecule has 0 N–H and O–H groups in total. The number of unbranched alkanes of at least 4 members (excludes halogenated alkanes) is 2. The third-order valence-electron chi connectivity index (χ3n) is 10.8. The van der Waals surface area contributed by atoms with Gasteiger partial charge in [0.1, 0.15) is 25.1 Å². The summed E-state index contributed by atoms with van der Waals surface area (Å²) in [6.07, 6.45) is 11.0. The number of carbonyl (C=O) groups excluding carboxylic acids is 2. The third-order valence-corrected chi connectivity index (χ3v) is 10.8. The van der Waals surface area contributed by atoms with E-state index >= 15 is 0 Å². The highest BCUT2D eigenvalue weighted by atomic mass is 16.7. The van der Waals surface area contributed by atoms with Gasteiger partial charge >= 0.3 is 12.1 Å². The summed E-state index contributed by atoms with van der Waals surface area (Å²) in [6, 6.07) is 25.4.